The second-order valence-electron chi connectivity index (χ2n) is 8.69. The molecule has 36 heavy (non-hydrogen) atoms. The molecule has 0 unspecified atom stereocenters. The highest BCUT2D eigenvalue weighted by molar-refractivity contribution is 5.52. The summed E-state index contributed by atoms with van der Waals surface area (Å²) >= 11 is 0. The average molecular weight is 513 g/mol. The number of anilines is 1. The third-order valence-corrected chi connectivity index (χ3v) is 5.83. The number of hydrogen-bond donors (Lipinski definition) is 1. The van der Waals surface area contributed by atoms with E-state index in [-0.39, 0.29) is 11.4 Å². The molecule has 192 valence electrons. The minimum absolute atomic E-state index is 0.103. The molecule has 1 aliphatic carbocycles. The SMILES string of the molecule is O[C@H](CN(Cc1cc(C(F)(F)F)ccc1F)c1cccc(Oc2cccc(C3CC3)c2)c1)C(F)(F)F. The molecule has 0 amide bonds. The first-order valence-corrected chi connectivity index (χ1v) is 11.1. The van der Waals surface area contributed by atoms with Gasteiger partial charge in [0.05, 0.1) is 12.1 Å². The van der Waals surface area contributed by atoms with Gasteiger partial charge >= 0.3 is 12.4 Å². The zero-order chi connectivity index (χ0) is 26.1. The van der Waals surface area contributed by atoms with Gasteiger partial charge in [-0.1, -0.05) is 18.2 Å². The van der Waals surface area contributed by atoms with Crippen molar-refractivity contribution >= 4 is 5.69 Å². The number of nitrogens with zero attached hydrogens (tertiary/aromatic N) is 1. The lowest BCUT2D eigenvalue weighted by Gasteiger charge is -2.29. The van der Waals surface area contributed by atoms with Crippen LogP contribution in [0.4, 0.5) is 36.4 Å². The maximum Gasteiger partial charge on any atom is 0.416 e. The van der Waals surface area contributed by atoms with Crippen molar-refractivity contribution in [3.63, 3.8) is 0 Å². The van der Waals surface area contributed by atoms with Crippen molar-refractivity contribution in [3.05, 3.63) is 89.2 Å². The van der Waals surface area contributed by atoms with Crippen LogP contribution in [0.25, 0.3) is 0 Å². The summed E-state index contributed by atoms with van der Waals surface area (Å²) in [7, 11) is 0. The van der Waals surface area contributed by atoms with Gasteiger partial charge in [0.2, 0.25) is 0 Å². The van der Waals surface area contributed by atoms with Crippen molar-refractivity contribution in [2.45, 2.75) is 43.8 Å². The average Bonchev–Trinajstić information content (AvgIpc) is 3.64. The second kappa shape index (κ2) is 10.0. The summed E-state index contributed by atoms with van der Waals surface area (Å²) < 4.78 is 99.0. The number of benzene rings is 3. The largest absolute Gasteiger partial charge is 0.457 e. The fourth-order valence-corrected chi connectivity index (χ4v) is 3.78. The quantitative estimate of drug-likeness (QED) is 0.318. The Hall–Kier alpha value is -3.27. The molecule has 4 rings (SSSR count). The molecule has 1 N–H and O–H groups in total. The summed E-state index contributed by atoms with van der Waals surface area (Å²) in [6.07, 6.45) is -10.4. The second-order valence-corrected chi connectivity index (χ2v) is 8.69. The standard InChI is InChI=1S/C26H22F7NO2/c27-23-10-9-19(25(28,29)30)11-18(23)14-34(15-24(35)26(31,32)33)20-4-2-6-22(13-20)36-21-5-1-3-17(12-21)16-7-8-16/h1-6,9-13,16,24,35H,7-8,14-15H2/t24-/m1/s1. The third-order valence-electron chi connectivity index (χ3n) is 5.83. The van der Waals surface area contributed by atoms with Crippen molar-refractivity contribution < 1.29 is 40.6 Å². The lowest BCUT2D eigenvalue weighted by molar-refractivity contribution is -0.200. The van der Waals surface area contributed by atoms with Crippen LogP contribution < -0.4 is 9.64 Å². The van der Waals surface area contributed by atoms with Crippen molar-refractivity contribution in [2.24, 2.45) is 0 Å². The smallest absolute Gasteiger partial charge is 0.416 e. The Morgan fingerprint density at radius 3 is 2.19 bits per heavy atom. The molecule has 0 saturated heterocycles. The molecule has 3 aromatic rings. The molecule has 0 radical (unpaired) electrons. The Morgan fingerprint density at radius 2 is 1.56 bits per heavy atom. The summed E-state index contributed by atoms with van der Waals surface area (Å²) in [4.78, 5) is 0.963. The van der Waals surface area contributed by atoms with Crippen molar-refractivity contribution in [1.82, 2.24) is 0 Å². The van der Waals surface area contributed by atoms with Crippen LogP contribution in [0.1, 0.15) is 35.4 Å². The van der Waals surface area contributed by atoms with Gasteiger partial charge in [-0.05, 0) is 66.8 Å². The van der Waals surface area contributed by atoms with Crippen LogP contribution in [-0.2, 0) is 12.7 Å². The molecule has 0 heterocycles. The Morgan fingerprint density at radius 1 is 0.889 bits per heavy atom. The predicted octanol–water partition coefficient (Wildman–Crippen LogP) is 7.44. The van der Waals surface area contributed by atoms with E-state index in [9.17, 15) is 35.8 Å². The van der Waals surface area contributed by atoms with Crippen LogP contribution in [0.5, 0.6) is 11.5 Å². The molecule has 0 spiro atoms. The van der Waals surface area contributed by atoms with Gasteiger partial charge in [-0.2, -0.15) is 26.3 Å². The summed E-state index contributed by atoms with van der Waals surface area (Å²) in [6.45, 7) is -1.68. The number of halogens is 7. The normalized spacial score (nSPS) is 15.0. The predicted molar refractivity (Wildman–Crippen MR) is 119 cm³/mol. The lowest BCUT2D eigenvalue weighted by Crippen LogP contribution is -2.41. The zero-order valence-electron chi connectivity index (χ0n) is 18.8. The van der Waals surface area contributed by atoms with Crippen LogP contribution in [0.2, 0.25) is 0 Å². The van der Waals surface area contributed by atoms with Gasteiger partial charge in [0.1, 0.15) is 17.3 Å². The molecule has 3 aromatic carbocycles. The highest BCUT2D eigenvalue weighted by Gasteiger charge is 2.39. The van der Waals surface area contributed by atoms with Gasteiger partial charge in [0.25, 0.3) is 0 Å². The van der Waals surface area contributed by atoms with Crippen LogP contribution in [0.15, 0.2) is 66.7 Å². The fraction of sp³-hybridized carbons (Fsp3) is 0.308. The number of rotatable bonds is 8. The molecule has 0 aliphatic heterocycles. The van der Waals surface area contributed by atoms with E-state index in [1.807, 2.05) is 18.2 Å². The molecule has 1 fully saturated rings. The minimum Gasteiger partial charge on any atom is -0.457 e. The van der Waals surface area contributed by atoms with Gasteiger partial charge in [0, 0.05) is 23.9 Å². The maximum absolute atomic E-state index is 14.4. The molecule has 0 aromatic heterocycles. The van der Waals surface area contributed by atoms with Crippen molar-refractivity contribution in [2.75, 3.05) is 11.4 Å². The van der Waals surface area contributed by atoms with Gasteiger partial charge in [-0.25, -0.2) is 4.39 Å². The monoisotopic (exact) mass is 513 g/mol. The first-order chi connectivity index (χ1) is 16.9. The number of aliphatic hydroxyl groups is 1. The molecule has 1 aliphatic rings. The van der Waals surface area contributed by atoms with Gasteiger partial charge in [0.15, 0.2) is 6.10 Å². The maximum atomic E-state index is 14.4. The van der Waals surface area contributed by atoms with Gasteiger partial charge in [-0.3, -0.25) is 0 Å². The molecule has 1 atom stereocenters. The van der Waals surface area contributed by atoms with Crippen LogP contribution >= 0.6 is 0 Å². The first-order valence-electron chi connectivity index (χ1n) is 11.1. The van der Waals surface area contributed by atoms with E-state index < -0.39 is 48.5 Å². The molecule has 0 bridgehead atoms. The summed E-state index contributed by atoms with van der Waals surface area (Å²) in [5, 5.41) is 9.67. The Labute approximate surface area is 202 Å². The molecular weight excluding hydrogens is 491 g/mol. The van der Waals surface area contributed by atoms with Crippen molar-refractivity contribution in [1.29, 1.82) is 0 Å². The number of aliphatic hydroxyl groups excluding tert-OH is 1. The summed E-state index contributed by atoms with van der Waals surface area (Å²) in [6, 6.07) is 15.0. The topological polar surface area (TPSA) is 32.7 Å². The van der Waals surface area contributed by atoms with E-state index in [0.717, 1.165) is 23.3 Å². The lowest BCUT2D eigenvalue weighted by atomic mass is 10.1. The highest BCUT2D eigenvalue weighted by atomic mass is 19.4. The molecule has 1 saturated carbocycles. The number of ether oxygens (including phenoxy) is 1. The van der Waals surface area contributed by atoms with E-state index in [4.69, 9.17) is 4.74 Å². The highest BCUT2D eigenvalue weighted by Crippen LogP contribution is 2.41. The Kier molecular flexibility index (Phi) is 7.17. The number of alkyl halides is 6. The summed E-state index contributed by atoms with van der Waals surface area (Å²) in [5.74, 6) is 0.235. The molecule has 3 nitrogen and oxygen atoms in total. The fourth-order valence-electron chi connectivity index (χ4n) is 3.78. The van der Waals surface area contributed by atoms with Crippen LogP contribution in [0.3, 0.4) is 0 Å². The van der Waals surface area contributed by atoms with E-state index >= 15 is 0 Å². The third kappa shape index (κ3) is 6.48. The van der Waals surface area contributed by atoms with Gasteiger partial charge < -0.3 is 14.7 Å². The molecular formula is C26H22F7NO2. The minimum atomic E-state index is -4.98. The number of hydrogen-bond acceptors (Lipinski definition) is 3. The van der Waals surface area contributed by atoms with Gasteiger partial charge in [-0.15, -0.1) is 0 Å². The van der Waals surface area contributed by atoms with Crippen LogP contribution in [0, 0.1) is 5.82 Å². The van der Waals surface area contributed by atoms with E-state index in [1.54, 1.807) is 12.1 Å². The molecule has 10 heteroatoms. The van der Waals surface area contributed by atoms with E-state index in [2.05, 4.69) is 0 Å². The van der Waals surface area contributed by atoms with Crippen LogP contribution in [-0.4, -0.2) is 23.9 Å². The summed E-state index contributed by atoms with van der Waals surface area (Å²) in [5.41, 5.74) is -0.393. The Balaban J connectivity index is 1.63. The van der Waals surface area contributed by atoms with E-state index in [0.29, 0.717) is 29.9 Å². The Bertz CT molecular complexity index is 1210. The zero-order valence-corrected chi connectivity index (χ0v) is 18.8. The van der Waals surface area contributed by atoms with Crippen molar-refractivity contribution in [3.8, 4) is 11.5 Å². The first kappa shape index (κ1) is 25.8. The van der Waals surface area contributed by atoms with E-state index in [1.165, 1.54) is 18.2 Å².